The van der Waals surface area contributed by atoms with Gasteiger partial charge in [0.1, 0.15) is 35.1 Å². The minimum Gasteiger partial charge on any atom is -0.444 e. The second-order valence-electron chi connectivity index (χ2n) is 16.2. The summed E-state index contributed by atoms with van der Waals surface area (Å²) in [6, 6.07) is 9.13. The maximum absolute atomic E-state index is 14.5. The second kappa shape index (κ2) is 16.2. The van der Waals surface area contributed by atoms with Gasteiger partial charge in [-0.05, 0) is 70.6 Å². The molecule has 6 rings (SSSR count). The van der Waals surface area contributed by atoms with E-state index in [0.29, 0.717) is 36.0 Å². The largest absolute Gasteiger partial charge is 0.444 e. The van der Waals surface area contributed by atoms with Gasteiger partial charge in [0, 0.05) is 24.4 Å². The smallest absolute Gasteiger partial charge is 0.410 e. The monoisotopic (exact) mass is 795 g/mol. The SMILES string of the molecule is Cc1cccc(CS(=O)(=O)NC(=O)[C@@]23C[C@H]2/C=C\CCCCC[C@H](NC(=O)OC(C)(C)C)C(=O)N2C[C@H](OC(=O)N4Cc5cccc(F)c5C4)C[C@H]2C(=O)N3)c1. The molecule has 302 valence electrons. The van der Waals surface area contributed by atoms with Gasteiger partial charge in [-0.1, -0.05) is 67.0 Å². The van der Waals surface area contributed by atoms with Gasteiger partial charge in [0.05, 0.1) is 18.8 Å². The van der Waals surface area contributed by atoms with Crippen LogP contribution < -0.4 is 15.4 Å². The van der Waals surface area contributed by atoms with Crippen LogP contribution in [-0.2, 0) is 52.7 Å². The first-order valence-electron chi connectivity index (χ1n) is 19.0. The Balaban J connectivity index is 1.25. The quantitative estimate of drug-likeness (QED) is 0.355. The highest BCUT2D eigenvalue weighted by Gasteiger charge is 2.61. The summed E-state index contributed by atoms with van der Waals surface area (Å²) in [5, 5.41) is 5.47. The number of hydrogen-bond donors (Lipinski definition) is 3. The van der Waals surface area contributed by atoms with Crippen molar-refractivity contribution in [2.24, 2.45) is 5.92 Å². The molecular weight excluding hydrogens is 746 g/mol. The Hall–Kier alpha value is -4.99. The van der Waals surface area contributed by atoms with Gasteiger partial charge >= 0.3 is 12.2 Å². The Kier molecular flexibility index (Phi) is 11.8. The molecule has 1 aliphatic carbocycles. The molecule has 1 saturated heterocycles. The fraction of sp³-hybridized carbons (Fsp3) is 0.525. The molecule has 1 saturated carbocycles. The lowest BCUT2D eigenvalue weighted by molar-refractivity contribution is -0.141. The number of amides is 5. The van der Waals surface area contributed by atoms with Gasteiger partial charge in [-0.25, -0.2) is 22.4 Å². The van der Waals surface area contributed by atoms with Gasteiger partial charge in [0.2, 0.25) is 21.8 Å². The first kappa shape index (κ1) is 40.7. The molecule has 5 amide bonds. The summed E-state index contributed by atoms with van der Waals surface area (Å²) in [4.78, 5) is 71.6. The lowest BCUT2D eigenvalue weighted by Gasteiger charge is -2.30. The zero-order chi connectivity index (χ0) is 40.4. The van der Waals surface area contributed by atoms with Crippen LogP contribution in [0.3, 0.4) is 0 Å². The van der Waals surface area contributed by atoms with Crippen LogP contribution in [0.25, 0.3) is 0 Å². The fourth-order valence-corrected chi connectivity index (χ4v) is 8.79. The molecule has 0 unspecified atom stereocenters. The van der Waals surface area contributed by atoms with Crippen molar-refractivity contribution in [3.05, 3.63) is 82.7 Å². The summed E-state index contributed by atoms with van der Waals surface area (Å²) in [6.07, 6.45) is 4.00. The minimum absolute atomic E-state index is 0.0126. The van der Waals surface area contributed by atoms with Crippen molar-refractivity contribution in [1.29, 1.82) is 0 Å². The normalized spacial score (nSPS) is 26.0. The number of carbonyl (C=O) groups is 5. The Morgan fingerprint density at radius 3 is 2.55 bits per heavy atom. The topological polar surface area (TPSA) is 181 Å². The van der Waals surface area contributed by atoms with E-state index in [2.05, 4.69) is 15.4 Å². The molecule has 3 aliphatic heterocycles. The van der Waals surface area contributed by atoms with E-state index in [1.54, 1.807) is 57.2 Å². The maximum atomic E-state index is 14.5. The highest BCUT2D eigenvalue weighted by molar-refractivity contribution is 7.89. The molecule has 3 N–H and O–H groups in total. The summed E-state index contributed by atoms with van der Waals surface area (Å²) in [5.41, 5.74) is -0.117. The van der Waals surface area contributed by atoms with E-state index < -0.39 is 86.7 Å². The molecule has 2 aromatic rings. The van der Waals surface area contributed by atoms with Gasteiger partial charge in [-0.3, -0.25) is 24.0 Å². The van der Waals surface area contributed by atoms with Crippen molar-refractivity contribution < 1.29 is 46.3 Å². The molecule has 0 bridgehead atoms. The minimum atomic E-state index is -4.18. The van der Waals surface area contributed by atoms with E-state index in [9.17, 15) is 36.8 Å². The molecule has 56 heavy (non-hydrogen) atoms. The number of fused-ring (bicyclic) bond motifs is 3. The highest BCUT2D eigenvalue weighted by atomic mass is 32.2. The standard InChI is InChI=1S/C40H50FN5O9S/c1-25-12-10-13-26(18-25)24-56(52,53)44-36(49)40-20-28(40)15-8-6-5-7-9-17-32(42-37(50)55-39(2,3)4)35(48)46-22-29(19-33(46)34(47)43-40)54-38(51)45-21-27-14-11-16-31(41)30(27)23-45/h8,10-16,18,28-29,32-33H,5-7,9,17,19-24H2,1-4H3,(H,42,50)(H,43,47)(H,44,49)/b15-8-/t28-,29-,32+,33+,40-/m1/s1. The number of ether oxygens (including phenoxy) is 2. The van der Waals surface area contributed by atoms with Crippen LogP contribution >= 0.6 is 0 Å². The van der Waals surface area contributed by atoms with Crippen molar-refractivity contribution in [3.63, 3.8) is 0 Å². The van der Waals surface area contributed by atoms with Gasteiger partial charge in [-0.15, -0.1) is 0 Å². The zero-order valence-electron chi connectivity index (χ0n) is 32.1. The molecule has 0 radical (unpaired) electrons. The molecule has 2 fully saturated rings. The average molecular weight is 796 g/mol. The number of sulfonamides is 1. The van der Waals surface area contributed by atoms with Gasteiger partial charge in [0.15, 0.2) is 0 Å². The van der Waals surface area contributed by atoms with Crippen LogP contribution in [0.15, 0.2) is 54.6 Å². The maximum Gasteiger partial charge on any atom is 0.410 e. The van der Waals surface area contributed by atoms with Gasteiger partial charge in [-0.2, -0.15) is 0 Å². The molecule has 4 aliphatic rings. The van der Waals surface area contributed by atoms with E-state index in [1.807, 2.05) is 19.1 Å². The fourth-order valence-electron chi connectivity index (χ4n) is 7.63. The van der Waals surface area contributed by atoms with E-state index >= 15 is 0 Å². The average Bonchev–Trinajstić information content (AvgIpc) is 3.40. The Bertz CT molecular complexity index is 2020. The molecule has 0 spiro atoms. The van der Waals surface area contributed by atoms with Gasteiger partial charge in [0.25, 0.3) is 5.91 Å². The van der Waals surface area contributed by atoms with Crippen molar-refractivity contribution >= 4 is 39.9 Å². The summed E-state index contributed by atoms with van der Waals surface area (Å²) in [6.45, 7) is 6.79. The first-order valence-corrected chi connectivity index (χ1v) is 20.7. The third-order valence-corrected chi connectivity index (χ3v) is 11.7. The number of rotatable bonds is 6. The predicted octanol–water partition coefficient (Wildman–Crippen LogP) is 4.49. The summed E-state index contributed by atoms with van der Waals surface area (Å²) in [7, 11) is -4.18. The van der Waals surface area contributed by atoms with Crippen LogP contribution in [0.2, 0.25) is 0 Å². The molecule has 5 atom stereocenters. The van der Waals surface area contributed by atoms with Gasteiger partial charge < -0.3 is 25.0 Å². The first-order chi connectivity index (χ1) is 26.4. The number of carbonyl (C=O) groups excluding carboxylic acids is 5. The third kappa shape index (κ3) is 9.68. The Morgan fingerprint density at radius 1 is 1.05 bits per heavy atom. The highest BCUT2D eigenvalue weighted by Crippen LogP contribution is 2.46. The predicted molar refractivity (Wildman–Crippen MR) is 202 cm³/mol. The van der Waals surface area contributed by atoms with E-state index in [4.69, 9.17) is 9.47 Å². The lowest BCUT2D eigenvalue weighted by atomic mass is 10.0. The van der Waals surface area contributed by atoms with Crippen molar-refractivity contribution in [2.45, 2.75) is 121 Å². The lowest BCUT2D eigenvalue weighted by Crippen LogP contribution is -2.58. The van der Waals surface area contributed by atoms with Crippen LogP contribution in [0.4, 0.5) is 14.0 Å². The Labute approximate surface area is 326 Å². The zero-order valence-corrected chi connectivity index (χ0v) is 33.0. The molecular formula is C40H50FN5O9S. The number of aryl methyl sites for hydroxylation is 1. The number of hydrogen-bond acceptors (Lipinski definition) is 9. The number of halogens is 1. The van der Waals surface area contributed by atoms with Crippen molar-refractivity contribution in [2.75, 3.05) is 6.54 Å². The van der Waals surface area contributed by atoms with E-state index in [0.717, 1.165) is 12.0 Å². The molecule has 2 aromatic carbocycles. The molecule has 16 heteroatoms. The molecule has 14 nitrogen and oxygen atoms in total. The van der Waals surface area contributed by atoms with Crippen LogP contribution in [0, 0.1) is 18.7 Å². The van der Waals surface area contributed by atoms with Crippen LogP contribution in [-0.4, -0.2) is 84.0 Å². The van der Waals surface area contributed by atoms with Crippen molar-refractivity contribution in [1.82, 2.24) is 25.2 Å². The van der Waals surface area contributed by atoms with Crippen molar-refractivity contribution in [3.8, 4) is 0 Å². The number of nitrogens with one attached hydrogen (secondary N) is 3. The number of allylic oxidation sites excluding steroid dienone is 1. The molecule has 3 heterocycles. The Morgan fingerprint density at radius 2 is 1.82 bits per heavy atom. The third-order valence-electron chi connectivity index (χ3n) is 10.5. The number of benzene rings is 2. The molecule has 0 aromatic heterocycles. The second-order valence-corrected chi connectivity index (χ2v) is 17.9. The number of alkyl carbamates (subject to hydrolysis) is 1. The summed E-state index contributed by atoms with van der Waals surface area (Å²) in [5.74, 6) is -3.68. The number of nitrogens with zero attached hydrogens (tertiary/aromatic N) is 2. The summed E-state index contributed by atoms with van der Waals surface area (Å²) < 4.78 is 54.4. The van der Waals surface area contributed by atoms with E-state index in [1.165, 1.54) is 15.9 Å². The van der Waals surface area contributed by atoms with Crippen LogP contribution in [0.1, 0.15) is 88.0 Å². The van der Waals surface area contributed by atoms with E-state index in [-0.39, 0.29) is 38.9 Å². The summed E-state index contributed by atoms with van der Waals surface area (Å²) >= 11 is 0. The van der Waals surface area contributed by atoms with Crippen LogP contribution in [0.5, 0.6) is 0 Å².